The Labute approximate surface area is 82.3 Å². The van der Waals surface area contributed by atoms with E-state index in [1.54, 1.807) is 12.3 Å². The molecule has 0 aliphatic heterocycles. The highest BCUT2D eigenvalue weighted by Crippen LogP contribution is 2.19. The minimum Gasteiger partial charge on any atom is -0.255 e. The van der Waals surface area contributed by atoms with Crippen molar-refractivity contribution >= 4 is 5.57 Å². The van der Waals surface area contributed by atoms with Gasteiger partial charge in [-0.3, -0.25) is 4.98 Å². The number of aryl methyl sites for hydroxylation is 1. The number of hydrogen-bond donors (Lipinski definition) is 0. The normalized spacial score (nSPS) is 15.7. The van der Waals surface area contributed by atoms with Crippen LogP contribution < -0.4 is 0 Å². The largest absolute Gasteiger partial charge is 0.255 e. The van der Waals surface area contributed by atoms with E-state index < -0.39 is 0 Å². The van der Waals surface area contributed by atoms with E-state index in [9.17, 15) is 4.39 Å². The molecule has 1 aromatic rings. The molecule has 1 aliphatic carbocycles. The lowest BCUT2D eigenvalue weighted by Gasteiger charge is -2.02. The van der Waals surface area contributed by atoms with Crippen LogP contribution >= 0.6 is 0 Å². The first-order valence-corrected chi connectivity index (χ1v) is 4.36. The average Bonchev–Trinajstić information content (AvgIpc) is 2.21. The molecule has 69 valence electrons. The van der Waals surface area contributed by atoms with Gasteiger partial charge in [0.2, 0.25) is 0 Å². The SMILES string of the molecule is Cc1ccc(C2=C=C[C](F)C=C2)nc1. The summed E-state index contributed by atoms with van der Waals surface area (Å²) in [5.74, 6) is 0. The van der Waals surface area contributed by atoms with E-state index in [0.717, 1.165) is 16.8 Å². The molecule has 0 amide bonds. The Bertz CT molecular complexity index is 422. The van der Waals surface area contributed by atoms with E-state index in [2.05, 4.69) is 10.7 Å². The average molecular weight is 186 g/mol. The van der Waals surface area contributed by atoms with Crippen LogP contribution in [0.25, 0.3) is 5.57 Å². The van der Waals surface area contributed by atoms with Crippen LogP contribution in [0.15, 0.2) is 42.3 Å². The quantitative estimate of drug-likeness (QED) is 0.614. The van der Waals surface area contributed by atoms with Crippen LogP contribution in [-0.4, -0.2) is 4.98 Å². The highest BCUT2D eigenvalue weighted by atomic mass is 19.1. The Morgan fingerprint density at radius 2 is 2.14 bits per heavy atom. The van der Waals surface area contributed by atoms with Gasteiger partial charge in [-0.1, -0.05) is 6.07 Å². The van der Waals surface area contributed by atoms with Gasteiger partial charge in [0.1, 0.15) is 0 Å². The summed E-state index contributed by atoms with van der Waals surface area (Å²) in [7, 11) is 0. The minimum absolute atomic E-state index is 0.277. The van der Waals surface area contributed by atoms with E-state index >= 15 is 0 Å². The zero-order chi connectivity index (χ0) is 9.97. The maximum absolute atomic E-state index is 12.6. The number of allylic oxidation sites excluding steroid dienone is 3. The first-order chi connectivity index (χ1) is 6.75. The molecule has 0 N–H and O–H groups in total. The van der Waals surface area contributed by atoms with E-state index in [1.807, 2.05) is 19.1 Å². The third-order valence-corrected chi connectivity index (χ3v) is 1.96. The zero-order valence-electron chi connectivity index (χ0n) is 7.79. The van der Waals surface area contributed by atoms with Crippen molar-refractivity contribution in [1.82, 2.24) is 4.98 Å². The number of rotatable bonds is 1. The lowest BCUT2D eigenvalue weighted by molar-refractivity contribution is 0.588. The van der Waals surface area contributed by atoms with Gasteiger partial charge in [-0.25, -0.2) is 4.39 Å². The van der Waals surface area contributed by atoms with Gasteiger partial charge < -0.3 is 0 Å². The lowest BCUT2D eigenvalue weighted by Crippen LogP contribution is -1.89. The molecular formula is C12H9FN. The van der Waals surface area contributed by atoms with Crippen molar-refractivity contribution in [2.24, 2.45) is 0 Å². The maximum Gasteiger partial charge on any atom is 0.196 e. The summed E-state index contributed by atoms with van der Waals surface area (Å²) < 4.78 is 12.6. The Morgan fingerprint density at radius 3 is 2.71 bits per heavy atom. The Hall–Kier alpha value is -1.66. The van der Waals surface area contributed by atoms with Crippen molar-refractivity contribution in [2.45, 2.75) is 6.92 Å². The summed E-state index contributed by atoms with van der Waals surface area (Å²) in [6.07, 6.45) is 5.91. The lowest BCUT2D eigenvalue weighted by atomic mass is 10.1. The molecule has 0 spiro atoms. The number of hydrogen-bond acceptors (Lipinski definition) is 1. The highest BCUT2D eigenvalue weighted by Gasteiger charge is 2.05. The number of halogens is 1. The van der Waals surface area contributed by atoms with Gasteiger partial charge in [-0.2, -0.15) is 0 Å². The molecule has 0 saturated carbocycles. The predicted molar refractivity (Wildman–Crippen MR) is 54.0 cm³/mol. The third-order valence-electron chi connectivity index (χ3n) is 1.96. The molecule has 14 heavy (non-hydrogen) atoms. The molecule has 0 fully saturated rings. The molecule has 1 aromatic heterocycles. The van der Waals surface area contributed by atoms with Gasteiger partial charge in [0.15, 0.2) is 6.17 Å². The van der Waals surface area contributed by atoms with Gasteiger partial charge in [0, 0.05) is 17.8 Å². The van der Waals surface area contributed by atoms with Gasteiger partial charge >= 0.3 is 0 Å². The Morgan fingerprint density at radius 1 is 1.29 bits per heavy atom. The first kappa shape index (κ1) is 8.92. The van der Waals surface area contributed by atoms with Crippen LogP contribution in [0.1, 0.15) is 11.3 Å². The Kier molecular flexibility index (Phi) is 2.30. The molecule has 1 heterocycles. The fourth-order valence-corrected chi connectivity index (χ4v) is 1.19. The van der Waals surface area contributed by atoms with E-state index in [-0.39, 0.29) is 6.17 Å². The van der Waals surface area contributed by atoms with Gasteiger partial charge in [0.25, 0.3) is 0 Å². The summed E-state index contributed by atoms with van der Waals surface area (Å²) in [5, 5.41) is 0. The number of pyridine rings is 1. The standard InChI is InChI=1S/C12H9FN/c1-9-2-7-12(14-8-9)10-3-5-11(13)6-4-10/h2-3,5-8H,1H3. The van der Waals surface area contributed by atoms with E-state index in [1.165, 1.54) is 12.2 Å². The third kappa shape index (κ3) is 1.81. The van der Waals surface area contributed by atoms with Crippen LogP contribution in [-0.2, 0) is 0 Å². The second-order valence-corrected chi connectivity index (χ2v) is 3.14. The van der Waals surface area contributed by atoms with E-state index in [0.29, 0.717) is 0 Å². The summed E-state index contributed by atoms with van der Waals surface area (Å²) in [6, 6.07) is 3.87. The topological polar surface area (TPSA) is 12.9 Å². The highest BCUT2D eigenvalue weighted by molar-refractivity contribution is 5.73. The van der Waals surface area contributed by atoms with Crippen LogP contribution in [0.4, 0.5) is 4.39 Å². The van der Waals surface area contributed by atoms with Crippen molar-refractivity contribution in [3.8, 4) is 0 Å². The summed E-state index contributed by atoms with van der Waals surface area (Å²) >= 11 is 0. The molecular weight excluding hydrogens is 177 g/mol. The molecule has 0 atom stereocenters. The van der Waals surface area contributed by atoms with Crippen LogP contribution in [0, 0.1) is 13.1 Å². The molecule has 1 radical (unpaired) electrons. The second kappa shape index (κ2) is 3.60. The van der Waals surface area contributed by atoms with Crippen molar-refractivity contribution < 1.29 is 4.39 Å². The zero-order valence-corrected chi connectivity index (χ0v) is 7.79. The number of aromatic nitrogens is 1. The molecule has 2 rings (SSSR count). The van der Waals surface area contributed by atoms with Crippen LogP contribution in [0.3, 0.4) is 0 Å². The number of nitrogens with zero attached hydrogens (tertiary/aromatic N) is 1. The summed E-state index contributed by atoms with van der Waals surface area (Å²) in [5.41, 5.74) is 5.57. The second-order valence-electron chi connectivity index (χ2n) is 3.14. The smallest absolute Gasteiger partial charge is 0.196 e. The monoisotopic (exact) mass is 186 g/mol. The van der Waals surface area contributed by atoms with Gasteiger partial charge in [0.05, 0.1) is 5.69 Å². The van der Waals surface area contributed by atoms with Crippen LogP contribution in [0.2, 0.25) is 0 Å². The van der Waals surface area contributed by atoms with E-state index in [4.69, 9.17) is 0 Å². The fourth-order valence-electron chi connectivity index (χ4n) is 1.19. The van der Waals surface area contributed by atoms with Gasteiger partial charge in [-0.05, 0) is 30.7 Å². The summed E-state index contributed by atoms with van der Waals surface area (Å²) in [6.45, 7) is 1.98. The van der Waals surface area contributed by atoms with Crippen LogP contribution in [0.5, 0.6) is 0 Å². The molecule has 0 unspecified atom stereocenters. The molecule has 0 saturated heterocycles. The molecule has 0 aromatic carbocycles. The molecule has 1 nitrogen and oxygen atoms in total. The molecule has 1 aliphatic rings. The molecule has 0 bridgehead atoms. The van der Waals surface area contributed by atoms with Crippen molar-refractivity contribution in [3.63, 3.8) is 0 Å². The van der Waals surface area contributed by atoms with Crippen molar-refractivity contribution in [1.29, 1.82) is 0 Å². The maximum atomic E-state index is 12.6. The van der Waals surface area contributed by atoms with Crippen molar-refractivity contribution in [2.75, 3.05) is 0 Å². The molecule has 2 heteroatoms. The predicted octanol–water partition coefficient (Wildman–Crippen LogP) is 3.00. The van der Waals surface area contributed by atoms with Gasteiger partial charge in [-0.15, -0.1) is 5.73 Å². The minimum atomic E-state index is -0.277. The first-order valence-electron chi connectivity index (χ1n) is 4.36. The Balaban J connectivity index is 2.38. The fraction of sp³-hybridized carbons (Fsp3) is 0.0833. The summed E-state index contributed by atoms with van der Waals surface area (Å²) in [4.78, 5) is 4.22. The van der Waals surface area contributed by atoms with Crippen molar-refractivity contribution in [3.05, 3.63) is 59.7 Å².